The lowest BCUT2D eigenvalue weighted by atomic mass is 10.3. The highest BCUT2D eigenvalue weighted by molar-refractivity contribution is 4.74. The Morgan fingerprint density at radius 1 is 1.43 bits per heavy atom. The largest absolute Gasteiger partial charge is 0.244 e. The predicted octanol–water partition coefficient (Wildman–Crippen LogP) is 1.31. The summed E-state index contributed by atoms with van der Waals surface area (Å²) in [5.74, 6) is 0. The van der Waals surface area contributed by atoms with Gasteiger partial charge in [-0.15, -0.1) is 0 Å². The Bertz CT molecular complexity index is 57.1. The molecule has 1 saturated carbocycles. The number of rotatable bonds is 0. The van der Waals surface area contributed by atoms with Gasteiger partial charge < -0.3 is 0 Å². The van der Waals surface area contributed by atoms with E-state index in [1.807, 2.05) is 0 Å². The molecule has 1 fully saturated rings. The Labute approximate surface area is 42.2 Å². The summed E-state index contributed by atoms with van der Waals surface area (Å²) < 4.78 is 12.0. The standard InChI is InChI=1S/C5H8FO/c6-4-2-1-3-5(4)7/h4-5H,1-3H2. The zero-order chi connectivity index (χ0) is 5.28. The fraction of sp³-hybridized carbons (Fsp3) is 1.00. The lowest BCUT2D eigenvalue weighted by Gasteiger charge is -1.96. The minimum atomic E-state index is -1.04. The van der Waals surface area contributed by atoms with Gasteiger partial charge in [0.25, 0.3) is 0 Å². The van der Waals surface area contributed by atoms with Gasteiger partial charge in [0.05, 0.1) is 0 Å². The van der Waals surface area contributed by atoms with Gasteiger partial charge in [0.1, 0.15) is 12.3 Å². The van der Waals surface area contributed by atoms with E-state index in [0.717, 1.165) is 6.42 Å². The van der Waals surface area contributed by atoms with Crippen molar-refractivity contribution in [1.29, 1.82) is 0 Å². The van der Waals surface area contributed by atoms with Crippen molar-refractivity contribution < 1.29 is 9.50 Å². The molecule has 0 amide bonds. The Balaban J connectivity index is 2.33. The highest BCUT2D eigenvalue weighted by Gasteiger charge is 2.25. The van der Waals surface area contributed by atoms with E-state index in [0.29, 0.717) is 12.8 Å². The topological polar surface area (TPSA) is 19.9 Å². The van der Waals surface area contributed by atoms with E-state index in [1.165, 1.54) is 0 Å². The van der Waals surface area contributed by atoms with Crippen LogP contribution in [0.4, 0.5) is 4.39 Å². The number of hydrogen-bond acceptors (Lipinski definition) is 0. The number of hydrogen-bond donors (Lipinski definition) is 0. The number of halogens is 1. The number of alkyl halides is 1. The highest BCUT2D eigenvalue weighted by atomic mass is 19.1. The zero-order valence-electron chi connectivity index (χ0n) is 4.06. The van der Waals surface area contributed by atoms with E-state index < -0.39 is 12.3 Å². The van der Waals surface area contributed by atoms with Crippen LogP contribution in [-0.4, -0.2) is 12.3 Å². The molecule has 1 radical (unpaired) electrons. The Hall–Kier alpha value is -0.110. The highest BCUT2D eigenvalue weighted by Crippen LogP contribution is 2.21. The Morgan fingerprint density at radius 2 is 2.14 bits per heavy atom. The maximum atomic E-state index is 12.0. The molecule has 0 aromatic carbocycles. The lowest BCUT2D eigenvalue weighted by molar-refractivity contribution is 0.0383. The molecule has 1 rings (SSSR count). The van der Waals surface area contributed by atoms with Gasteiger partial charge in [0.2, 0.25) is 0 Å². The van der Waals surface area contributed by atoms with Crippen LogP contribution in [0.3, 0.4) is 0 Å². The van der Waals surface area contributed by atoms with E-state index in [9.17, 15) is 9.50 Å². The first-order chi connectivity index (χ1) is 3.30. The molecule has 0 heterocycles. The zero-order valence-corrected chi connectivity index (χ0v) is 4.06. The summed E-state index contributed by atoms with van der Waals surface area (Å²) in [7, 11) is 0. The van der Waals surface area contributed by atoms with Crippen LogP contribution in [0.2, 0.25) is 0 Å². The fourth-order valence-electron chi connectivity index (χ4n) is 0.881. The van der Waals surface area contributed by atoms with Crippen LogP contribution in [0.25, 0.3) is 0 Å². The third-order valence-electron chi connectivity index (χ3n) is 1.37. The second-order valence-corrected chi connectivity index (χ2v) is 1.99. The first-order valence-electron chi connectivity index (χ1n) is 2.60. The molecule has 7 heavy (non-hydrogen) atoms. The normalized spacial score (nSPS) is 42.0. The minimum absolute atomic E-state index is 0.494. The molecule has 1 aliphatic rings. The smallest absolute Gasteiger partial charge is 0.129 e. The van der Waals surface area contributed by atoms with Crippen molar-refractivity contribution in [2.24, 2.45) is 0 Å². The van der Waals surface area contributed by atoms with Gasteiger partial charge in [0.15, 0.2) is 0 Å². The van der Waals surface area contributed by atoms with Crippen molar-refractivity contribution in [3.8, 4) is 0 Å². The van der Waals surface area contributed by atoms with Crippen LogP contribution in [-0.2, 0) is 5.11 Å². The van der Waals surface area contributed by atoms with Crippen LogP contribution in [0, 0.1) is 0 Å². The van der Waals surface area contributed by atoms with Gasteiger partial charge in [-0.3, -0.25) is 0 Å². The van der Waals surface area contributed by atoms with Gasteiger partial charge >= 0.3 is 0 Å². The van der Waals surface area contributed by atoms with E-state index in [-0.39, 0.29) is 0 Å². The molecular formula is C5H8FO. The molecule has 0 aromatic heterocycles. The summed E-state index contributed by atoms with van der Waals surface area (Å²) in [5, 5.41) is 10.3. The molecular weight excluding hydrogens is 95.1 g/mol. The second kappa shape index (κ2) is 1.78. The third-order valence-corrected chi connectivity index (χ3v) is 1.37. The molecule has 41 valence electrons. The minimum Gasteiger partial charge on any atom is -0.244 e. The molecule has 0 bridgehead atoms. The van der Waals surface area contributed by atoms with Crippen molar-refractivity contribution in [1.82, 2.24) is 0 Å². The molecule has 2 heteroatoms. The van der Waals surface area contributed by atoms with Crippen molar-refractivity contribution in [2.75, 3.05) is 0 Å². The molecule has 2 unspecified atom stereocenters. The molecule has 0 aliphatic heterocycles. The van der Waals surface area contributed by atoms with Crippen LogP contribution in [0.5, 0.6) is 0 Å². The van der Waals surface area contributed by atoms with Crippen molar-refractivity contribution in [3.63, 3.8) is 0 Å². The lowest BCUT2D eigenvalue weighted by Crippen LogP contribution is -2.10. The fourth-order valence-corrected chi connectivity index (χ4v) is 0.881. The quantitative estimate of drug-likeness (QED) is 0.440. The van der Waals surface area contributed by atoms with E-state index in [4.69, 9.17) is 0 Å². The molecule has 1 aliphatic carbocycles. The van der Waals surface area contributed by atoms with Gasteiger partial charge in [-0.2, -0.15) is 0 Å². The average Bonchev–Trinajstić information content (AvgIpc) is 1.91. The van der Waals surface area contributed by atoms with Gasteiger partial charge in [0, 0.05) is 0 Å². The summed E-state index contributed by atoms with van der Waals surface area (Å²) in [5.41, 5.74) is 0. The van der Waals surface area contributed by atoms with Crippen LogP contribution >= 0.6 is 0 Å². The molecule has 0 aromatic rings. The van der Waals surface area contributed by atoms with Crippen molar-refractivity contribution in [2.45, 2.75) is 31.5 Å². The maximum Gasteiger partial charge on any atom is 0.129 e. The molecule has 0 spiro atoms. The molecule has 0 N–H and O–H groups in total. The molecule has 0 saturated heterocycles. The van der Waals surface area contributed by atoms with Crippen LogP contribution < -0.4 is 0 Å². The summed E-state index contributed by atoms with van der Waals surface area (Å²) in [4.78, 5) is 0. The summed E-state index contributed by atoms with van der Waals surface area (Å²) in [6, 6.07) is 0. The predicted molar refractivity (Wildman–Crippen MR) is 23.2 cm³/mol. The first-order valence-corrected chi connectivity index (χ1v) is 2.60. The van der Waals surface area contributed by atoms with E-state index in [2.05, 4.69) is 0 Å². The summed E-state index contributed by atoms with van der Waals surface area (Å²) in [6.45, 7) is 0. The Kier molecular flexibility index (Phi) is 1.28. The Morgan fingerprint density at radius 3 is 2.29 bits per heavy atom. The van der Waals surface area contributed by atoms with Crippen molar-refractivity contribution in [3.05, 3.63) is 0 Å². The van der Waals surface area contributed by atoms with Crippen molar-refractivity contribution >= 4 is 0 Å². The third kappa shape index (κ3) is 0.911. The maximum absolute atomic E-state index is 12.0. The van der Waals surface area contributed by atoms with Crippen LogP contribution in [0.1, 0.15) is 19.3 Å². The second-order valence-electron chi connectivity index (χ2n) is 1.99. The molecule has 1 nitrogen and oxygen atoms in total. The van der Waals surface area contributed by atoms with Gasteiger partial charge in [-0.1, -0.05) is 0 Å². The van der Waals surface area contributed by atoms with E-state index >= 15 is 0 Å². The first kappa shape index (κ1) is 5.04. The monoisotopic (exact) mass is 103 g/mol. The van der Waals surface area contributed by atoms with Gasteiger partial charge in [-0.05, 0) is 19.3 Å². The van der Waals surface area contributed by atoms with Gasteiger partial charge in [-0.25, -0.2) is 9.50 Å². The average molecular weight is 103 g/mol. The van der Waals surface area contributed by atoms with Crippen LogP contribution in [0.15, 0.2) is 0 Å². The van der Waals surface area contributed by atoms with E-state index in [1.54, 1.807) is 0 Å². The summed E-state index contributed by atoms with van der Waals surface area (Å²) >= 11 is 0. The SMILES string of the molecule is [O]C1CCCC1F. The molecule has 2 atom stereocenters. The summed E-state index contributed by atoms with van der Waals surface area (Å²) in [6.07, 6.45) is -0.120.